The molecule has 15 atom stereocenters. The predicted molar refractivity (Wildman–Crippen MR) is 179 cm³/mol. The smallest absolute Gasteiger partial charge is 0.239 e. The van der Waals surface area contributed by atoms with Crippen molar-refractivity contribution >= 4 is 11.0 Å². The van der Waals surface area contributed by atoms with Gasteiger partial charge in [-0.05, 0) is 18.2 Å². The lowest BCUT2D eigenvalue weighted by Crippen LogP contribution is -2.60. The molecule has 13 N–H and O–H groups in total. The van der Waals surface area contributed by atoms with Crippen molar-refractivity contribution in [2.24, 2.45) is 0 Å². The molecule has 0 spiro atoms. The van der Waals surface area contributed by atoms with Gasteiger partial charge in [-0.3, -0.25) is 4.79 Å². The number of methoxy groups -OCH3 is 1. The van der Waals surface area contributed by atoms with Crippen LogP contribution in [-0.2, 0) is 14.2 Å². The van der Waals surface area contributed by atoms with Crippen LogP contribution in [0.2, 0.25) is 0 Å². The first-order valence-electron chi connectivity index (χ1n) is 17.1. The molecule has 3 aliphatic heterocycles. The van der Waals surface area contributed by atoms with Gasteiger partial charge in [-0.15, -0.1) is 0 Å². The van der Waals surface area contributed by atoms with Crippen LogP contribution < -0.4 is 24.4 Å². The van der Waals surface area contributed by atoms with Crippen LogP contribution >= 0.6 is 0 Å². The number of benzene rings is 2. The van der Waals surface area contributed by atoms with E-state index in [9.17, 15) is 71.2 Å². The summed E-state index contributed by atoms with van der Waals surface area (Å²) in [6, 6.07) is 5.74. The summed E-state index contributed by atoms with van der Waals surface area (Å²) < 4.78 is 45.0. The van der Waals surface area contributed by atoms with Crippen LogP contribution in [0.1, 0.15) is 0 Å². The van der Waals surface area contributed by atoms with E-state index in [4.69, 9.17) is 37.6 Å². The minimum Gasteiger partial charge on any atom is -0.507 e. The third kappa shape index (κ3) is 7.70. The number of rotatable bonds is 11. The standard InChI is InChI=1S/C34H42O22/c1-49-11-5-12(38)19-15(6-11)50-30(31(23(19)42)56-34-29(48)26(45)22(41)18(9-37)55-34)10-2-3-13(51-32-27(46)24(43)20(39)16(7-35)53-32)14(4-10)52-33-28(47)25(44)21(40)17(8-36)54-33/h2-6,16-18,20-22,24-29,32-41,43-48H,7-9H2,1H3/t16-,17+,18-,20-,21-,22-,24-,25+,26-,27-,28-,29-,32-,33-,34+/m1/s1. The minimum absolute atomic E-state index is 0.0432. The third-order valence-corrected chi connectivity index (χ3v) is 9.61. The average Bonchev–Trinajstić information content (AvgIpc) is 3.19. The van der Waals surface area contributed by atoms with E-state index in [1.807, 2.05) is 0 Å². The number of hydrogen-bond donors (Lipinski definition) is 13. The normalized spacial score (nSPS) is 36.3. The Morgan fingerprint density at radius 3 is 1.52 bits per heavy atom. The first-order chi connectivity index (χ1) is 26.6. The number of aliphatic hydroxyl groups excluding tert-OH is 12. The minimum atomic E-state index is -2.01. The Balaban J connectivity index is 1.50. The zero-order valence-electron chi connectivity index (χ0n) is 29.2. The Morgan fingerprint density at radius 1 is 0.589 bits per heavy atom. The van der Waals surface area contributed by atoms with E-state index < -0.39 is 146 Å². The maximum Gasteiger partial charge on any atom is 0.239 e. The maximum absolute atomic E-state index is 14.1. The molecule has 0 aliphatic carbocycles. The number of fused-ring (bicyclic) bond motifs is 1. The molecule has 1 aromatic heterocycles. The van der Waals surface area contributed by atoms with E-state index in [-0.39, 0.29) is 22.6 Å². The van der Waals surface area contributed by atoms with Gasteiger partial charge in [-0.1, -0.05) is 0 Å². The highest BCUT2D eigenvalue weighted by atomic mass is 16.7. The molecule has 0 unspecified atom stereocenters. The van der Waals surface area contributed by atoms with Crippen molar-refractivity contribution < 1.29 is 104 Å². The highest BCUT2D eigenvalue weighted by molar-refractivity contribution is 5.88. The second kappa shape index (κ2) is 16.9. The van der Waals surface area contributed by atoms with Crippen molar-refractivity contribution in [2.75, 3.05) is 26.9 Å². The maximum atomic E-state index is 14.1. The molecular formula is C34H42O22. The molecule has 3 aliphatic rings. The molecule has 22 heteroatoms. The lowest BCUT2D eigenvalue weighted by molar-refractivity contribution is -0.282. The van der Waals surface area contributed by atoms with E-state index in [0.29, 0.717) is 0 Å². The van der Waals surface area contributed by atoms with E-state index in [0.717, 1.165) is 18.2 Å². The molecule has 0 amide bonds. The van der Waals surface area contributed by atoms with Crippen molar-refractivity contribution in [1.82, 2.24) is 0 Å². The second-order valence-corrected chi connectivity index (χ2v) is 13.2. The summed E-state index contributed by atoms with van der Waals surface area (Å²) in [5.74, 6) is -2.71. The molecule has 310 valence electrons. The summed E-state index contributed by atoms with van der Waals surface area (Å²) in [4.78, 5) is 14.1. The number of ether oxygens (including phenoxy) is 7. The molecular weight excluding hydrogens is 760 g/mol. The van der Waals surface area contributed by atoms with Gasteiger partial charge in [-0.2, -0.15) is 0 Å². The quantitative estimate of drug-likeness (QED) is 0.0861. The summed E-state index contributed by atoms with van der Waals surface area (Å²) in [5.41, 5.74) is -1.51. The molecule has 3 saturated heterocycles. The van der Waals surface area contributed by atoms with Crippen LogP contribution in [0.3, 0.4) is 0 Å². The molecule has 2 aromatic carbocycles. The average molecular weight is 803 g/mol. The molecule has 0 saturated carbocycles. The van der Waals surface area contributed by atoms with Crippen LogP contribution in [0.4, 0.5) is 0 Å². The topological polar surface area (TPSA) is 358 Å². The Bertz CT molecular complexity index is 1880. The number of phenols is 1. The van der Waals surface area contributed by atoms with E-state index >= 15 is 0 Å². The molecule has 0 bridgehead atoms. The largest absolute Gasteiger partial charge is 0.507 e. The highest BCUT2D eigenvalue weighted by Crippen LogP contribution is 2.42. The first-order valence-corrected chi connectivity index (χ1v) is 17.1. The number of aromatic hydroxyl groups is 1. The van der Waals surface area contributed by atoms with Gasteiger partial charge < -0.3 is 104 Å². The van der Waals surface area contributed by atoms with Gasteiger partial charge in [0.05, 0.1) is 26.9 Å². The molecule has 6 rings (SSSR count). The number of aliphatic hydroxyl groups is 12. The van der Waals surface area contributed by atoms with Gasteiger partial charge >= 0.3 is 0 Å². The molecule has 0 radical (unpaired) electrons. The summed E-state index contributed by atoms with van der Waals surface area (Å²) >= 11 is 0. The summed E-state index contributed by atoms with van der Waals surface area (Å²) in [5, 5.41) is 134. The van der Waals surface area contributed by atoms with Crippen molar-refractivity contribution in [3.8, 4) is 40.1 Å². The SMILES string of the molecule is COc1cc(O)c2c(=O)c(O[C@@H]3O[C@H](CO)[C@@H](O)[C@@H](O)[C@H]3O)c(-c3ccc(O[C@@H]4O[C@H](CO)[C@@H](O)[C@@H](O)[C@H]4O)c(O[C@@H]4O[C@@H](CO)[C@@H](O)[C@H](O)[C@H]4O)c3)oc2c1. The van der Waals surface area contributed by atoms with Crippen molar-refractivity contribution in [3.05, 3.63) is 40.6 Å². The Morgan fingerprint density at radius 2 is 1.05 bits per heavy atom. The molecule has 56 heavy (non-hydrogen) atoms. The van der Waals surface area contributed by atoms with Gasteiger partial charge in [0, 0.05) is 17.7 Å². The fraction of sp³-hybridized carbons (Fsp3) is 0.559. The van der Waals surface area contributed by atoms with Crippen LogP contribution in [0, 0.1) is 0 Å². The Hall–Kier alpha value is -3.95. The van der Waals surface area contributed by atoms with Crippen LogP contribution in [0.5, 0.6) is 28.7 Å². The lowest BCUT2D eigenvalue weighted by Gasteiger charge is -2.41. The summed E-state index contributed by atoms with van der Waals surface area (Å²) in [7, 11) is 1.27. The van der Waals surface area contributed by atoms with Gasteiger partial charge in [0.2, 0.25) is 30.0 Å². The zero-order chi connectivity index (χ0) is 40.7. The molecule has 4 heterocycles. The van der Waals surface area contributed by atoms with E-state index in [2.05, 4.69) is 0 Å². The van der Waals surface area contributed by atoms with Gasteiger partial charge in [0.1, 0.15) is 95.7 Å². The molecule has 3 aromatic rings. The van der Waals surface area contributed by atoms with Crippen LogP contribution in [-0.4, -0.2) is 185 Å². The van der Waals surface area contributed by atoms with Crippen LogP contribution in [0.25, 0.3) is 22.3 Å². The van der Waals surface area contributed by atoms with E-state index in [1.54, 1.807) is 0 Å². The Kier molecular flexibility index (Phi) is 12.6. The van der Waals surface area contributed by atoms with Crippen LogP contribution in [0.15, 0.2) is 39.5 Å². The summed E-state index contributed by atoms with van der Waals surface area (Å²) in [6.07, 6.45) is -26.9. The highest BCUT2D eigenvalue weighted by Gasteiger charge is 2.48. The zero-order valence-corrected chi connectivity index (χ0v) is 29.2. The molecule has 22 nitrogen and oxygen atoms in total. The van der Waals surface area contributed by atoms with Gasteiger partial charge in [0.15, 0.2) is 17.3 Å². The summed E-state index contributed by atoms with van der Waals surface area (Å²) in [6.45, 7) is -2.49. The Labute approximate surface area is 314 Å². The third-order valence-electron chi connectivity index (χ3n) is 9.61. The van der Waals surface area contributed by atoms with Crippen molar-refractivity contribution in [3.63, 3.8) is 0 Å². The van der Waals surface area contributed by atoms with Crippen molar-refractivity contribution in [2.45, 2.75) is 92.1 Å². The predicted octanol–water partition coefficient (Wildman–Crippen LogP) is -5.29. The number of hydrogen-bond acceptors (Lipinski definition) is 22. The lowest BCUT2D eigenvalue weighted by atomic mass is 9.99. The number of phenolic OH excluding ortho intramolecular Hbond substituents is 1. The van der Waals surface area contributed by atoms with E-state index in [1.165, 1.54) is 19.2 Å². The van der Waals surface area contributed by atoms with Crippen molar-refractivity contribution in [1.29, 1.82) is 0 Å². The molecule has 3 fully saturated rings. The van der Waals surface area contributed by atoms with Gasteiger partial charge in [-0.25, -0.2) is 0 Å². The van der Waals surface area contributed by atoms with Gasteiger partial charge in [0.25, 0.3) is 0 Å². The monoisotopic (exact) mass is 802 g/mol. The fourth-order valence-corrected chi connectivity index (χ4v) is 6.37. The fourth-order valence-electron chi connectivity index (χ4n) is 6.37. The first kappa shape index (κ1) is 41.7. The second-order valence-electron chi connectivity index (χ2n) is 13.2.